The lowest BCUT2D eigenvalue weighted by molar-refractivity contribution is -0.156. The van der Waals surface area contributed by atoms with Crippen LogP contribution in [0, 0.1) is 0 Å². The molecule has 0 unspecified atom stereocenters. The lowest BCUT2D eigenvalue weighted by Gasteiger charge is -2.44. The van der Waals surface area contributed by atoms with Crippen LogP contribution in [0.3, 0.4) is 0 Å². The lowest BCUT2D eigenvalue weighted by Crippen LogP contribution is -2.59. The fourth-order valence-corrected chi connectivity index (χ4v) is 4.04. The summed E-state index contributed by atoms with van der Waals surface area (Å²) in [5, 5.41) is 13.0. The molecule has 3 rings (SSSR count). The van der Waals surface area contributed by atoms with E-state index in [4.69, 9.17) is 14.2 Å². The quantitative estimate of drug-likeness (QED) is 0.688. The molecule has 2 N–H and O–H groups in total. The zero-order valence-corrected chi connectivity index (χ0v) is 16.7. The Bertz CT molecular complexity index is 528. The second-order valence-electron chi connectivity index (χ2n) is 7.71. The highest BCUT2D eigenvalue weighted by Gasteiger charge is 2.40. The van der Waals surface area contributed by atoms with Gasteiger partial charge in [-0.15, -0.1) is 0 Å². The average Bonchev–Trinajstić information content (AvgIpc) is 2.70. The van der Waals surface area contributed by atoms with Gasteiger partial charge in [-0.25, -0.2) is 4.79 Å². The van der Waals surface area contributed by atoms with Crippen molar-refractivity contribution in [1.82, 2.24) is 15.1 Å². The number of β-amino-alcohol motifs (C(OH)–C–C–N with tert-alkyl or cyclic N) is 1. The van der Waals surface area contributed by atoms with E-state index in [1.54, 1.807) is 4.90 Å². The van der Waals surface area contributed by atoms with Gasteiger partial charge in [0.1, 0.15) is 6.10 Å². The molecule has 3 saturated heterocycles. The van der Waals surface area contributed by atoms with Crippen molar-refractivity contribution in [2.45, 2.75) is 57.0 Å². The van der Waals surface area contributed by atoms with Gasteiger partial charge in [0, 0.05) is 19.6 Å². The number of aliphatic hydroxyl groups is 1. The summed E-state index contributed by atoms with van der Waals surface area (Å²) in [6.07, 6.45) is 1.43. The lowest BCUT2D eigenvalue weighted by atomic mass is 9.94. The Morgan fingerprint density at radius 2 is 1.93 bits per heavy atom. The topological polar surface area (TPSA) is 101 Å². The molecule has 3 amide bonds. The Labute approximate surface area is 166 Å². The highest BCUT2D eigenvalue weighted by molar-refractivity contribution is 5.77. The number of rotatable bonds is 4. The molecular formula is C19H33N3O6. The number of amides is 3. The first-order chi connectivity index (χ1) is 13.6. The van der Waals surface area contributed by atoms with Crippen LogP contribution >= 0.6 is 0 Å². The maximum Gasteiger partial charge on any atom is 0.317 e. The van der Waals surface area contributed by atoms with Crippen molar-refractivity contribution in [3.05, 3.63) is 0 Å². The van der Waals surface area contributed by atoms with Crippen molar-refractivity contribution in [1.29, 1.82) is 0 Å². The largest absolute Gasteiger partial charge is 0.389 e. The zero-order chi connectivity index (χ0) is 19.9. The third kappa shape index (κ3) is 5.56. The first-order valence-corrected chi connectivity index (χ1v) is 10.4. The highest BCUT2D eigenvalue weighted by Crippen LogP contribution is 2.28. The standard InChI is InChI=1S/C19H33N3O6/c1-2-5-20-19(25)22-11-14(23)12-27-13-17-16(22)4-3-15(28-17)10-18(24)21-6-8-26-9-7-21/h14-17,23H,2-13H2,1H3,(H,20,25)/t14-,15+,16+,17-/m1/s1. The van der Waals surface area contributed by atoms with Crippen molar-refractivity contribution in [2.75, 3.05) is 52.6 Å². The van der Waals surface area contributed by atoms with Crippen molar-refractivity contribution in [2.24, 2.45) is 0 Å². The Hall–Kier alpha value is -1.42. The summed E-state index contributed by atoms with van der Waals surface area (Å²) in [7, 11) is 0. The molecule has 0 aliphatic carbocycles. The van der Waals surface area contributed by atoms with Crippen LogP contribution in [-0.4, -0.2) is 104 Å². The summed E-state index contributed by atoms with van der Waals surface area (Å²) in [4.78, 5) is 28.7. The minimum absolute atomic E-state index is 0.0893. The summed E-state index contributed by atoms with van der Waals surface area (Å²) in [5.41, 5.74) is 0. The van der Waals surface area contributed by atoms with Crippen molar-refractivity contribution < 1.29 is 28.9 Å². The fourth-order valence-electron chi connectivity index (χ4n) is 4.04. The smallest absolute Gasteiger partial charge is 0.317 e. The third-order valence-electron chi connectivity index (χ3n) is 5.53. The van der Waals surface area contributed by atoms with Crippen LogP contribution in [0.5, 0.6) is 0 Å². The number of morpholine rings is 1. The Kier molecular flexibility index (Phi) is 7.90. The van der Waals surface area contributed by atoms with Crippen LogP contribution < -0.4 is 5.32 Å². The molecule has 9 heteroatoms. The molecule has 0 bridgehead atoms. The second kappa shape index (κ2) is 10.4. The van der Waals surface area contributed by atoms with Crippen LogP contribution in [0.25, 0.3) is 0 Å². The zero-order valence-electron chi connectivity index (χ0n) is 16.7. The van der Waals surface area contributed by atoms with Gasteiger partial charge in [-0.2, -0.15) is 0 Å². The van der Waals surface area contributed by atoms with Crippen LogP contribution in [0.2, 0.25) is 0 Å². The summed E-state index contributed by atoms with van der Waals surface area (Å²) in [6, 6.07) is -0.342. The van der Waals surface area contributed by atoms with Gasteiger partial charge in [0.05, 0.1) is 57.6 Å². The van der Waals surface area contributed by atoms with Gasteiger partial charge >= 0.3 is 6.03 Å². The molecule has 0 aromatic rings. The SMILES string of the molecule is CCCNC(=O)N1C[C@@H](O)COC[C@H]2O[C@H](CC(=O)N3CCOCC3)CC[C@@H]21. The monoisotopic (exact) mass is 399 g/mol. The predicted molar refractivity (Wildman–Crippen MR) is 101 cm³/mol. The van der Waals surface area contributed by atoms with Gasteiger partial charge in [0.2, 0.25) is 5.91 Å². The average molecular weight is 399 g/mol. The summed E-state index contributed by atoms with van der Waals surface area (Å²) in [5.74, 6) is 0.0893. The number of ether oxygens (including phenoxy) is 3. The fraction of sp³-hybridized carbons (Fsp3) is 0.895. The molecule has 9 nitrogen and oxygen atoms in total. The predicted octanol–water partition coefficient (Wildman–Crippen LogP) is -0.0358. The molecule has 0 saturated carbocycles. The maximum atomic E-state index is 12.6. The first-order valence-electron chi connectivity index (χ1n) is 10.4. The van der Waals surface area contributed by atoms with Gasteiger partial charge in [0.25, 0.3) is 0 Å². The van der Waals surface area contributed by atoms with Gasteiger partial charge in [-0.05, 0) is 19.3 Å². The van der Waals surface area contributed by atoms with Crippen LogP contribution in [-0.2, 0) is 19.0 Å². The molecule has 3 heterocycles. The number of carbonyl (C=O) groups is 2. The summed E-state index contributed by atoms with van der Waals surface area (Å²) in [6.45, 7) is 5.71. The molecule has 28 heavy (non-hydrogen) atoms. The Morgan fingerprint density at radius 1 is 1.14 bits per heavy atom. The van der Waals surface area contributed by atoms with Crippen LogP contribution in [0.4, 0.5) is 4.79 Å². The molecule has 3 aliphatic heterocycles. The van der Waals surface area contributed by atoms with Gasteiger partial charge in [-0.1, -0.05) is 6.92 Å². The Morgan fingerprint density at radius 3 is 2.68 bits per heavy atom. The van der Waals surface area contributed by atoms with E-state index in [2.05, 4.69) is 5.32 Å². The number of carbonyl (C=O) groups excluding carboxylic acids is 2. The van der Waals surface area contributed by atoms with E-state index in [1.807, 2.05) is 11.8 Å². The molecule has 3 aliphatic rings. The molecular weight excluding hydrogens is 366 g/mol. The van der Waals surface area contributed by atoms with Crippen molar-refractivity contribution in [3.63, 3.8) is 0 Å². The summed E-state index contributed by atoms with van der Waals surface area (Å²) < 4.78 is 17.1. The molecule has 0 spiro atoms. The molecule has 0 aromatic heterocycles. The van der Waals surface area contributed by atoms with Crippen LogP contribution in [0.1, 0.15) is 32.6 Å². The molecule has 4 atom stereocenters. The molecule has 160 valence electrons. The van der Waals surface area contributed by atoms with E-state index < -0.39 is 6.10 Å². The van der Waals surface area contributed by atoms with E-state index >= 15 is 0 Å². The minimum Gasteiger partial charge on any atom is -0.389 e. The maximum absolute atomic E-state index is 12.6. The number of urea groups is 1. The number of hydrogen-bond donors (Lipinski definition) is 2. The van der Waals surface area contributed by atoms with E-state index in [-0.39, 0.29) is 43.3 Å². The molecule has 0 aromatic carbocycles. The van der Waals surface area contributed by atoms with E-state index in [0.717, 1.165) is 12.8 Å². The van der Waals surface area contributed by atoms with Gasteiger partial charge < -0.3 is 34.4 Å². The van der Waals surface area contributed by atoms with Crippen molar-refractivity contribution >= 4 is 11.9 Å². The van der Waals surface area contributed by atoms with Gasteiger partial charge in [-0.3, -0.25) is 4.79 Å². The number of fused-ring (bicyclic) bond motifs is 1. The number of hydrogen-bond acceptors (Lipinski definition) is 6. The molecule has 3 fully saturated rings. The minimum atomic E-state index is -0.714. The normalized spacial score (nSPS) is 31.5. The van der Waals surface area contributed by atoms with Gasteiger partial charge in [0.15, 0.2) is 0 Å². The summed E-state index contributed by atoms with van der Waals surface area (Å²) >= 11 is 0. The number of nitrogens with one attached hydrogen (secondary N) is 1. The Balaban J connectivity index is 1.60. The van der Waals surface area contributed by atoms with E-state index in [0.29, 0.717) is 52.3 Å². The molecule has 0 radical (unpaired) electrons. The first kappa shape index (κ1) is 21.3. The third-order valence-corrected chi connectivity index (χ3v) is 5.53. The number of nitrogens with zero attached hydrogens (tertiary/aromatic N) is 2. The van der Waals surface area contributed by atoms with Crippen molar-refractivity contribution in [3.8, 4) is 0 Å². The highest BCUT2D eigenvalue weighted by atomic mass is 16.5. The second-order valence-corrected chi connectivity index (χ2v) is 7.71. The van der Waals surface area contributed by atoms with Crippen LogP contribution in [0.15, 0.2) is 0 Å². The van der Waals surface area contributed by atoms with E-state index in [1.165, 1.54) is 0 Å². The van der Waals surface area contributed by atoms with E-state index in [9.17, 15) is 14.7 Å². The number of aliphatic hydroxyl groups excluding tert-OH is 1.